The molecule has 0 aliphatic heterocycles. The van der Waals surface area contributed by atoms with Gasteiger partial charge in [-0.1, -0.05) is 35.9 Å². The molecule has 0 radical (unpaired) electrons. The van der Waals surface area contributed by atoms with Gasteiger partial charge in [-0.05, 0) is 38.0 Å². The maximum Gasteiger partial charge on any atom is 0.0862 e. The van der Waals surface area contributed by atoms with E-state index in [1.807, 2.05) is 29.2 Å². The monoisotopic (exact) mass is 339 g/mol. The minimum absolute atomic E-state index is 0.548. The zero-order valence-corrected chi connectivity index (χ0v) is 16.0. The summed E-state index contributed by atoms with van der Waals surface area (Å²) in [6.07, 6.45) is 1.40. The van der Waals surface area contributed by atoms with Gasteiger partial charge in [0.25, 0.3) is 0 Å². The topological polar surface area (TPSA) is 39.6 Å². The summed E-state index contributed by atoms with van der Waals surface area (Å²) >= 11 is 0. The molecule has 0 saturated carbocycles. The molecule has 25 heavy (non-hydrogen) atoms. The van der Waals surface area contributed by atoms with Gasteiger partial charge in [-0.3, -0.25) is 5.41 Å². The molecule has 0 amide bonds. The molecular formula is C21H29N3O. The molecule has 0 unspecified atom stereocenters. The van der Waals surface area contributed by atoms with Gasteiger partial charge in [-0.15, -0.1) is 0 Å². The van der Waals surface area contributed by atoms with Crippen LogP contribution in [-0.4, -0.2) is 33.6 Å². The number of hydrogen-bond acceptors (Lipinski definition) is 3. The van der Waals surface area contributed by atoms with E-state index in [0.717, 1.165) is 24.3 Å². The van der Waals surface area contributed by atoms with Crippen LogP contribution < -0.4 is 9.80 Å². The Hall–Kier alpha value is -2.33. The summed E-state index contributed by atoms with van der Waals surface area (Å²) in [5, 5.41) is 7.83. The molecule has 1 N–H and O–H groups in total. The highest BCUT2D eigenvalue weighted by Gasteiger charge is 2.13. The lowest BCUT2D eigenvalue weighted by molar-refractivity contribution is 0.185. The van der Waals surface area contributed by atoms with Gasteiger partial charge in [0.15, 0.2) is 0 Å². The predicted molar refractivity (Wildman–Crippen MR) is 107 cm³/mol. The molecule has 4 nitrogen and oxygen atoms in total. The van der Waals surface area contributed by atoms with Crippen LogP contribution in [0.1, 0.15) is 22.3 Å². The normalized spacial score (nSPS) is 10.6. The summed E-state index contributed by atoms with van der Waals surface area (Å²) < 4.78 is 5.29. The fourth-order valence-electron chi connectivity index (χ4n) is 3.47. The van der Waals surface area contributed by atoms with Gasteiger partial charge in [-0.25, -0.2) is 0 Å². The Labute approximate surface area is 151 Å². The minimum atomic E-state index is 0.548. The number of nitrogens with zero attached hydrogens (tertiary/aromatic N) is 2. The molecule has 4 heteroatoms. The average molecular weight is 339 g/mol. The van der Waals surface area contributed by atoms with Gasteiger partial charge in [0, 0.05) is 44.2 Å². The van der Waals surface area contributed by atoms with E-state index in [1.165, 1.54) is 28.7 Å². The van der Waals surface area contributed by atoms with Gasteiger partial charge in [0.2, 0.25) is 0 Å². The van der Waals surface area contributed by atoms with Gasteiger partial charge in [0.05, 0.1) is 12.9 Å². The molecule has 0 spiro atoms. The van der Waals surface area contributed by atoms with Crippen LogP contribution >= 0.6 is 0 Å². The highest BCUT2D eigenvalue weighted by molar-refractivity contribution is 5.78. The Morgan fingerprint density at radius 2 is 1.68 bits per heavy atom. The second kappa shape index (κ2) is 8.67. The van der Waals surface area contributed by atoms with Crippen molar-refractivity contribution in [3.05, 3.63) is 58.7 Å². The molecule has 0 saturated heterocycles. The van der Waals surface area contributed by atoms with Gasteiger partial charge in [0.1, 0.15) is 0 Å². The second-order valence-corrected chi connectivity index (χ2v) is 6.55. The lowest BCUT2D eigenvalue weighted by atomic mass is 10.0. The van der Waals surface area contributed by atoms with Crippen LogP contribution in [0, 0.1) is 26.2 Å². The summed E-state index contributed by atoms with van der Waals surface area (Å²) in [5.74, 6) is 0. The number of ether oxygens (including phenoxy) is 1. The number of rotatable bonds is 8. The lowest BCUT2D eigenvalue weighted by Gasteiger charge is -2.28. The molecule has 0 aliphatic carbocycles. The van der Waals surface area contributed by atoms with E-state index in [-0.39, 0.29) is 0 Å². The molecule has 2 rings (SSSR count). The molecule has 2 aromatic carbocycles. The van der Waals surface area contributed by atoms with Crippen LogP contribution in [0.15, 0.2) is 36.4 Å². The zero-order chi connectivity index (χ0) is 18.4. The second-order valence-electron chi connectivity index (χ2n) is 6.55. The summed E-state index contributed by atoms with van der Waals surface area (Å²) in [6.45, 7) is 8.58. The third-order valence-electron chi connectivity index (χ3n) is 4.45. The average Bonchev–Trinajstić information content (AvgIpc) is 2.56. The first-order chi connectivity index (χ1) is 12.0. The molecule has 0 aliphatic rings. The van der Waals surface area contributed by atoms with E-state index in [1.54, 1.807) is 7.11 Å². The van der Waals surface area contributed by atoms with Crippen LogP contribution in [0.4, 0.5) is 11.4 Å². The molecule has 0 atom stereocenters. The van der Waals surface area contributed by atoms with Crippen molar-refractivity contribution in [2.45, 2.75) is 27.4 Å². The van der Waals surface area contributed by atoms with Gasteiger partial charge in [-0.2, -0.15) is 0 Å². The highest BCUT2D eigenvalue weighted by atomic mass is 16.5. The van der Waals surface area contributed by atoms with E-state index < -0.39 is 0 Å². The number of hydrogen-bond donors (Lipinski definition) is 1. The number of benzene rings is 2. The van der Waals surface area contributed by atoms with E-state index >= 15 is 0 Å². The SMILES string of the molecule is COCc1ccccc1N(C=N)CCN(C)c1c(C)cc(C)cc1C. The maximum absolute atomic E-state index is 7.83. The van der Waals surface area contributed by atoms with Crippen molar-refractivity contribution in [2.75, 3.05) is 37.0 Å². The number of para-hydroxylation sites is 1. The number of nitrogens with one attached hydrogen (secondary N) is 1. The van der Waals surface area contributed by atoms with E-state index in [9.17, 15) is 0 Å². The van der Waals surface area contributed by atoms with Crippen molar-refractivity contribution >= 4 is 17.7 Å². The minimum Gasteiger partial charge on any atom is -0.380 e. The maximum atomic E-state index is 7.83. The van der Waals surface area contributed by atoms with Crippen molar-refractivity contribution < 1.29 is 4.74 Å². The van der Waals surface area contributed by atoms with Gasteiger partial charge >= 0.3 is 0 Å². The number of anilines is 2. The lowest BCUT2D eigenvalue weighted by Crippen LogP contribution is -2.33. The number of aryl methyl sites for hydroxylation is 3. The Balaban J connectivity index is 2.15. The smallest absolute Gasteiger partial charge is 0.0862 e. The number of likely N-dealkylation sites (N-methyl/N-ethyl adjacent to an activating group) is 1. The highest BCUT2D eigenvalue weighted by Crippen LogP contribution is 2.26. The third kappa shape index (κ3) is 4.60. The van der Waals surface area contributed by atoms with Crippen LogP contribution in [0.5, 0.6) is 0 Å². The van der Waals surface area contributed by atoms with Crippen molar-refractivity contribution in [3.8, 4) is 0 Å². The van der Waals surface area contributed by atoms with Gasteiger partial charge < -0.3 is 14.5 Å². The molecule has 0 bridgehead atoms. The molecular weight excluding hydrogens is 310 g/mol. The standard InChI is InChI=1S/C21H29N3O/c1-16-12-17(2)21(18(3)13-16)23(4)10-11-24(15-22)20-9-7-6-8-19(20)14-25-5/h6-9,12-13,15,22H,10-11,14H2,1-5H3. The van der Waals surface area contributed by atoms with Crippen molar-refractivity contribution in [1.29, 1.82) is 5.41 Å². The predicted octanol–water partition coefficient (Wildman–Crippen LogP) is 4.31. The largest absolute Gasteiger partial charge is 0.380 e. The van der Waals surface area contributed by atoms with E-state index in [0.29, 0.717) is 6.61 Å². The van der Waals surface area contributed by atoms with Crippen LogP contribution in [0.25, 0.3) is 0 Å². The van der Waals surface area contributed by atoms with Crippen molar-refractivity contribution in [1.82, 2.24) is 0 Å². The van der Waals surface area contributed by atoms with E-state index in [4.69, 9.17) is 10.1 Å². The Morgan fingerprint density at radius 3 is 2.28 bits per heavy atom. The third-order valence-corrected chi connectivity index (χ3v) is 4.45. The molecule has 134 valence electrons. The summed E-state index contributed by atoms with van der Waals surface area (Å²) in [7, 11) is 3.82. The van der Waals surface area contributed by atoms with E-state index in [2.05, 4.69) is 44.9 Å². The summed E-state index contributed by atoms with van der Waals surface area (Å²) in [6, 6.07) is 12.5. The molecule has 0 fully saturated rings. The quantitative estimate of drug-likeness (QED) is 0.575. The summed E-state index contributed by atoms with van der Waals surface area (Å²) in [5.41, 5.74) is 7.29. The molecule has 2 aromatic rings. The van der Waals surface area contributed by atoms with Crippen LogP contribution in [0.3, 0.4) is 0 Å². The van der Waals surface area contributed by atoms with Crippen molar-refractivity contribution in [3.63, 3.8) is 0 Å². The number of methoxy groups -OCH3 is 1. The Bertz CT molecular complexity index is 704. The molecule has 0 aromatic heterocycles. The first kappa shape index (κ1) is 19.0. The fourth-order valence-corrected chi connectivity index (χ4v) is 3.47. The molecule has 0 heterocycles. The van der Waals surface area contributed by atoms with Crippen LogP contribution in [-0.2, 0) is 11.3 Å². The summed E-state index contributed by atoms with van der Waals surface area (Å²) in [4.78, 5) is 4.25. The fraction of sp³-hybridized carbons (Fsp3) is 0.381. The first-order valence-corrected chi connectivity index (χ1v) is 8.61. The van der Waals surface area contributed by atoms with Crippen molar-refractivity contribution in [2.24, 2.45) is 0 Å². The first-order valence-electron chi connectivity index (χ1n) is 8.61. The van der Waals surface area contributed by atoms with Crippen LogP contribution in [0.2, 0.25) is 0 Å². The Kier molecular flexibility index (Phi) is 6.59. The Morgan fingerprint density at radius 1 is 1.04 bits per heavy atom. The zero-order valence-electron chi connectivity index (χ0n) is 16.0.